The average Bonchev–Trinajstić information content (AvgIpc) is 2.61. The summed E-state index contributed by atoms with van der Waals surface area (Å²) in [5, 5.41) is 0. The van der Waals surface area contributed by atoms with E-state index in [1.54, 1.807) is 7.11 Å². The third-order valence-electron chi connectivity index (χ3n) is 3.07. The van der Waals surface area contributed by atoms with Gasteiger partial charge in [0.1, 0.15) is 5.75 Å². The van der Waals surface area contributed by atoms with Gasteiger partial charge in [-0.05, 0) is 55.0 Å². The summed E-state index contributed by atoms with van der Waals surface area (Å²) in [6.07, 6.45) is 3.55. The van der Waals surface area contributed by atoms with Gasteiger partial charge >= 0.3 is 0 Å². The molecule has 2 rings (SSSR count). The Bertz CT molecular complexity index is 320. The fourth-order valence-corrected chi connectivity index (χ4v) is 2.29. The van der Waals surface area contributed by atoms with Crippen LogP contribution in [0.3, 0.4) is 0 Å². The summed E-state index contributed by atoms with van der Waals surface area (Å²) < 4.78 is 5.23. The molecule has 0 aromatic heterocycles. The van der Waals surface area contributed by atoms with Crippen molar-refractivity contribution in [3.05, 3.63) is 29.3 Å². The molecule has 14 heavy (non-hydrogen) atoms. The molecule has 0 saturated carbocycles. The van der Waals surface area contributed by atoms with Gasteiger partial charge in [0.25, 0.3) is 0 Å². The van der Waals surface area contributed by atoms with E-state index in [2.05, 4.69) is 12.1 Å². The van der Waals surface area contributed by atoms with Gasteiger partial charge in [0.2, 0.25) is 0 Å². The molecular weight excluding hydrogens is 174 g/mol. The maximum Gasteiger partial charge on any atom is 0.119 e. The number of aryl methyl sites for hydroxylation is 1. The van der Waals surface area contributed by atoms with Crippen LogP contribution in [0.25, 0.3) is 0 Å². The molecule has 76 valence electrons. The van der Waals surface area contributed by atoms with Crippen molar-refractivity contribution in [3.8, 4) is 5.75 Å². The second kappa shape index (κ2) is 4.01. The first-order valence-electron chi connectivity index (χ1n) is 5.22. The Kier molecular flexibility index (Phi) is 2.73. The zero-order valence-electron chi connectivity index (χ0n) is 8.62. The Balaban J connectivity index is 2.27. The Morgan fingerprint density at radius 3 is 3.07 bits per heavy atom. The highest BCUT2D eigenvalue weighted by atomic mass is 16.5. The van der Waals surface area contributed by atoms with Crippen molar-refractivity contribution in [2.75, 3.05) is 13.7 Å². The standard InChI is InChI=1S/C12H17NO/c1-14-11-5-4-9-2-3-10(6-7-13)12(9)8-11/h4-5,8,10H,2-3,6-7,13H2,1H3. The number of nitrogens with two attached hydrogens (primary N) is 1. The monoisotopic (exact) mass is 191 g/mol. The van der Waals surface area contributed by atoms with E-state index < -0.39 is 0 Å². The molecule has 0 spiro atoms. The number of rotatable bonds is 3. The minimum atomic E-state index is 0.657. The molecule has 1 atom stereocenters. The first-order valence-corrected chi connectivity index (χ1v) is 5.22. The van der Waals surface area contributed by atoms with Crippen LogP contribution in [0, 0.1) is 0 Å². The van der Waals surface area contributed by atoms with Crippen molar-refractivity contribution >= 4 is 0 Å². The van der Waals surface area contributed by atoms with Crippen LogP contribution in [0.2, 0.25) is 0 Å². The van der Waals surface area contributed by atoms with Gasteiger partial charge < -0.3 is 10.5 Å². The Morgan fingerprint density at radius 2 is 2.36 bits per heavy atom. The fourth-order valence-electron chi connectivity index (χ4n) is 2.29. The number of methoxy groups -OCH3 is 1. The summed E-state index contributed by atoms with van der Waals surface area (Å²) in [6.45, 7) is 0.779. The topological polar surface area (TPSA) is 35.2 Å². The number of fused-ring (bicyclic) bond motifs is 1. The lowest BCUT2D eigenvalue weighted by Crippen LogP contribution is -2.04. The van der Waals surface area contributed by atoms with Crippen LogP contribution in [0.5, 0.6) is 5.75 Å². The molecule has 0 radical (unpaired) electrons. The van der Waals surface area contributed by atoms with Crippen LogP contribution < -0.4 is 10.5 Å². The largest absolute Gasteiger partial charge is 0.497 e. The minimum Gasteiger partial charge on any atom is -0.497 e. The van der Waals surface area contributed by atoms with Crippen molar-refractivity contribution in [2.24, 2.45) is 5.73 Å². The molecular formula is C12H17NO. The maximum atomic E-state index is 5.60. The molecule has 0 saturated heterocycles. The third-order valence-corrected chi connectivity index (χ3v) is 3.07. The first-order chi connectivity index (χ1) is 6.85. The first kappa shape index (κ1) is 9.53. The molecule has 1 unspecified atom stereocenters. The second-order valence-corrected chi connectivity index (χ2v) is 3.88. The Hall–Kier alpha value is -1.02. The highest BCUT2D eigenvalue weighted by molar-refractivity contribution is 5.41. The van der Waals surface area contributed by atoms with Crippen LogP contribution in [-0.4, -0.2) is 13.7 Å². The second-order valence-electron chi connectivity index (χ2n) is 3.88. The number of benzene rings is 1. The molecule has 0 amide bonds. The average molecular weight is 191 g/mol. The van der Waals surface area contributed by atoms with Crippen LogP contribution in [0.1, 0.15) is 29.9 Å². The Morgan fingerprint density at radius 1 is 1.50 bits per heavy atom. The van der Waals surface area contributed by atoms with E-state index in [-0.39, 0.29) is 0 Å². The molecule has 0 heterocycles. The lowest BCUT2D eigenvalue weighted by atomic mass is 9.98. The van der Waals surface area contributed by atoms with Crippen molar-refractivity contribution < 1.29 is 4.74 Å². The molecule has 1 aliphatic carbocycles. The van der Waals surface area contributed by atoms with Crippen molar-refractivity contribution in [1.82, 2.24) is 0 Å². The van der Waals surface area contributed by atoms with Gasteiger partial charge in [0.15, 0.2) is 0 Å². The summed E-state index contributed by atoms with van der Waals surface area (Å²) in [4.78, 5) is 0. The van der Waals surface area contributed by atoms with Gasteiger partial charge in [0, 0.05) is 0 Å². The molecule has 2 heteroatoms. The predicted molar refractivity (Wildman–Crippen MR) is 57.7 cm³/mol. The van der Waals surface area contributed by atoms with E-state index in [1.165, 1.54) is 24.0 Å². The zero-order valence-corrected chi connectivity index (χ0v) is 8.62. The van der Waals surface area contributed by atoms with Gasteiger partial charge in [0.05, 0.1) is 7.11 Å². The van der Waals surface area contributed by atoms with Gasteiger partial charge in [-0.3, -0.25) is 0 Å². The highest BCUT2D eigenvalue weighted by Gasteiger charge is 2.21. The van der Waals surface area contributed by atoms with E-state index in [0.29, 0.717) is 5.92 Å². The normalized spacial score (nSPS) is 19.4. The van der Waals surface area contributed by atoms with Gasteiger partial charge in [-0.15, -0.1) is 0 Å². The van der Waals surface area contributed by atoms with E-state index in [0.717, 1.165) is 18.7 Å². The molecule has 0 fully saturated rings. The van der Waals surface area contributed by atoms with Crippen molar-refractivity contribution in [1.29, 1.82) is 0 Å². The van der Waals surface area contributed by atoms with E-state index in [1.807, 2.05) is 6.07 Å². The van der Waals surface area contributed by atoms with Crippen LogP contribution in [0.15, 0.2) is 18.2 Å². The fraction of sp³-hybridized carbons (Fsp3) is 0.500. The van der Waals surface area contributed by atoms with Crippen LogP contribution >= 0.6 is 0 Å². The van der Waals surface area contributed by atoms with E-state index in [4.69, 9.17) is 10.5 Å². The summed E-state index contributed by atoms with van der Waals surface area (Å²) in [5.41, 5.74) is 8.53. The smallest absolute Gasteiger partial charge is 0.119 e. The number of hydrogen-bond acceptors (Lipinski definition) is 2. The van der Waals surface area contributed by atoms with E-state index >= 15 is 0 Å². The Labute approximate surface area is 85.1 Å². The quantitative estimate of drug-likeness (QED) is 0.793. The van der Waals surface area contributed by atoms with Crippen molar-refractivity contribution in [3.63, 3.8) is 0 Å². The lowest BCUT2D eigenvalue weighted by Gasteiger charge is -2.10. The zero-order chi connectivity index (χ0) is 9.97. The molecule has 1 aromatic rings. The molecule has 0 bridgehead atoms. The summed E-state index contributed by atoms with van der Waals surface area (Å²) in [7, 11) is 1.72. The number of ether oxygens (including phenoxy) is 1. The molecule has 2 N–H and O–H groups in total. The molecule has 0 aliphatic heterocycles. The molecule has 1 aromatic carbocycles. The van der Waals surface area contributed by atoms with Crippen LogP contribution in [-0.2, 0) is 6.42 Å². The van der Waals surface area contributed by atoms with Gasteiger partial charge in [-0.25, -0.2) is 0 Å². The van der Waals surface area contributed by atoms with Crippen LogP contribution in [0.4, 0.5) is 0 Å². The predicted octanol–water partition coefficient (Wildman–Crippen LogP) is 2.07. The van der Waals surface area contributed by atoms with Gasteiger partial charge in [-0.2, -0.15) is 0 Å². The van der Waals surface area contributed by atoms with E-state index in [9.17, 15) is 0 Å². The maximum absolute atomic E-state index is 5.60. The number of hydrogen-bond donors (Lipinski definition) is 1. The summed E-state index contributed by atoms with van der Waals surface area (Å²) >= 11 is 0. The molecule has 1 aliphatic rings. The minimum absolute atomic E-state index is 0.657. The van der Waals surface area contributed by atoms with Crippen molar-refractivity contribution in [2.45, 2.75) is 25.2 Å². The highest BCUT2D eigenvalue weighted by Crippen LogP contribution is 2.36. The lowest BCUT2D eigenvalue weighted by molar-refractivity contribution is 0.414. The SMILES string of the molecule is COc1ccc2c(c1)C(CCN)CC2. The van der Waals surface area contributed by atoms with Gasteiger partial charge in [-0.1, -0.05) is 6.07 Å². The summed E-state index contributed by atoms with van der Waals surface area (Å²) in [6, 6.07) is 6.40. The summed E-state index contributed by atoms with van der Waals surface area (Å²) in [5.74, 6) is 1.62. The molecule has 2 nitrogen and oxygen atoms in total. The third kappa shape index (κ3) is 1.62.